The lowest BCUT2D eigenvalue weighted by Gasteiger charge is -2.18. The lowest BCUT2D eigenvalue weighted by molar-refractivity contribution is -0.167. The van der Waals surface area contributed by atoms with Gasteiger partial charge in [0.05, 0.1) is 0 Å². The van der Waals surface area contributed by atoms with Crippen LogP contribution in [0.4, 0.5) is 0 Å². The predicted octanol–water partition coefficient (Wildman–Crippen LogP) is 19.3. The molecule has 6 heteroatoms. The van der Waals surface area contributed by atoms with Gasteiger partial charge in [0.25, 0.3) is 0 Å². The molecule has 0 radical (unpaired) electrons. The van der Waals surface area contributed by atoms with E-state index in [-0.39, 0.29) is 31.1 Å². The van der Waals surface area contributed by atoms with Gasteiger partial charge in [0, 0.05) is 19.3 Å². The molecule has 1 atom stereocenters. The summed E-state index contributed by atoms with van der Waals surface area (Å²) in [6.07, 6.45) is 62.8. The molecule has 0 bridgehead atoms. The van der Waals surface area contributed by atoms with E-state index in [1.165, 1.54) is 225 Å². The van der Waals surface area contributed by atoms with E-state index in [9.17, 15) is 14.4 Å². The normalized spacial score (nSPS) is 12.0. The molecule has 0 aromatic heterocycles. The van der Waals surface area contributed by atoms with Crippen molar-refractivity contribution in [1.82, 2.24) is 0 Å². The quantitative estimate of drug-likeness (QED) is 0.0262. The fraction of sp³-hybridized carbons (Fsp3) is 0.915. The van der Waals surface area contributed by atoms with E-state index in [1.54, 1.807) is 0 Å². The zero-order chi connectivity index (χ0) is 47.2. The van der Waals surface area contributed by atoms with Gasteiger partial charge in [-0.15, -0.1) is 0 Å². The molecule has 384 valence electrons. The number of rotatable bonds is 54. The van der Waals surface area contributed by atoms with E-state index in [1.807, 2.05) is 0 Å². The number of unbranched alkanes of at least 4 members (excludes halogenated alkanes) is 41. The van der Waals surface area contributed by atoms with E-state index in [0.29, 0.717) is 19.3 Å². The van der Waals surface area contributed by atoms with E-state index in [4.69, 9.17) is 14.2 Å². The first kappa shape index (κ1) is 63.1. The largest absolute Gasteiger partial charge is 0.462 e. The first-order valence-electron chi connectivity index (χ1n) is 29.2. The summed E-state index contributed by atoms with van der Waals surface area (Å²) in [6.45, 7) is 6.59. The number of ether oxygens (including phenoxy) is 3. The molecule has 0 amide bonds. The van der Waals surface area contributed by atoms with Crippen LogP contribution in [0.25, 0.3) is 0 Å². The summed E-state index contributed by atoms with van der Waals surface area (Å²) >= 11 is 0. The van der Waals surface area contributed by atoms with Crippen LogP contribution in [-0.4, -0.2) is 37.2 Å². The molecule has 0 fully saturated rings. The molecule has 0 N–H and O–H groups in total. The van der Waals surface area contributed by atoms with Crippen LogP contribution in [-0.2, 0) is 28.6 Å². The zero-order valence-electron chi connectivity index (χ0n) is 44.0. The number of carbonyl (C=O) groups is 3. The molecule has 1 unspecified atom stereocenters. The molecule has 0 rings (SSSR count). The lowest BCUT2D eigenvalue weighted by atomic mass is 10.0. The Labute approximate surface area is 405 Å². The van der Waals surface area contributed by atoms with Gasteiger partial charge in [-0.3, -0.25) is 14.4 Å². The molecule has 0 aliphatic rings. The van der Waals surface area contributed by atoms with Gasteiger partial charge < -0.3 is 14.2 Å². The van der Waals surface area contributed by atoms with Crippen molar-refractivity contribution < 1.29 is 28.6 Å². The van der Waals surface area contributed by atoms with Crippen LogP contribution in [0.2, 0.25) is 0 Å². The van der Waals surface area contributed by atoms with Gasteiger partial charge in [-0.1, -0.05) is 277 Å². The van der Waals surface area contributed by atoms with E-state index >= 15 is 0 Å². The van der Waals surface area contributed by atoms with Crippen LogP contribution in [0.3, 0.4) is 0 Å². The molecule has 0 spiro atoms. The Hall–Kier alpha value is -1.85. The minimum Gasteiger partial charge on any atom is -0.462 e. The van der Waals surface area contributed by atoms with Gasteiger partial charge in [-0.2, -0.15) is 0 Å². The summed E-state index contributed by atoms with van der Waals surface area (Å²) in [5, 5.41) is 0. The SMILES string of the molecule is CCCCCCCCCC/C=C\CCCCCCCCCCCCCCCCCCCCCC(=O)OCC(COC(=O)CCCCCCC)OC(=O)CCCCCCCCCCCCC. The smallest absolute Gasteiger partial charge is 0.306 e. The molecule has 0 aliphatic heterocycles. The standard InChI is InChI=1S/C59H112O6/c1-4-7-10-13-15-17-19-20-21-22-23-24-25-26-27-28-29-30-31-32-33-34-35-36-37-38-40-41-43-46-49-52-58(61)64-55-56(54-63-57(60)51-48-45-12-9-6-3)65-59(62)53-50-47-44-42-39-18-16-14-11-8-5-2/h22-23,56H,4-21,24-55H2,1-3H3/b23-22-. The Bertz CT molecular complexity index is 1010. The Balaban J connectivity index is 3.84. The summed E-state index contributed by atoms with van der Waals surface area (Å²) in [5.74, 6) is -0.862. The topological polar surface area (TPSA) is 78.9 Å². The Morgan fingerprint density at radius 2 is 0.508 bits per heavy atom. The summed E-state index contributed by atoms with van der Waals surface area (Å²) in [5.41, 5.74) is 0. The highest BCUT2D eigenvalue weighted by molar-refractivity contribution is 5.71. The molecule has 0 saturated carbocycles. The molecule has 0 aromatic carbocycles. The maximum Gasteiger partial charge on any atom is 0.306 e. The Morgan fingerprint density at radius 1 is 0.292 bits per heavy atom. The molecular formula is C59H112O6. The van der Waals surface area contributed by atoms with Crippen molar-refractivity contribution in [3.63, 3.8) is 0 Å². The van der Waals surface area contributed by atoms with Crippen molar-refractivity contribution in [2.24, 2.45) is 0 Å². The predicted molar refractivity (Wildman–Crippen MR) is 280 cm³/mol. The molecular weight excluding hydrogens is 805 g/mol. The van der Waals surface area contributed by atoms with Crippen LogP contribution in [0.1, 0.15) is 329 Å². The lowest BCUT2D eigenvalue weighted by Crippen LogP contribution is -2.30. The third-order valence-electron chi connectivity index (χ3n) is 13.3. The molecule has 0 heterocycles. The maximum atomic E-state index is 12.7. The molecule has 0 aromatic rings. The van der Waals surface area contributed by atoms with E-state index in [2.05, 4.69) is 32.9 Å². The minimum atomic E-state index is -0.759. The Kier molecular flexibility index (Phi) is 53.2. The third kappa shape index (κ3) is 53.0. The minimum absolute atomic E-state index is 0.0648. The van der Waals surface area contributed by atoms with Crippen LogP contribution in [0, 0.1) is 0 Å². The molecule has 0 aliphatic carbocycles. The number of allylic oxidation sites excluding steroid dienone is 2. The second kappa shape index (κ2) is 54.8. The van der Waals surface area contributed by atoms with Crippen LogP contribution in [0.15, 0.2) is 12.2 Å². The van der Waals surface area contributed by atoms with Crippen LogP contribution in [0.5, 0.6) is 0 Å². The first-order valence-corrected chi connectivity index (χ1v) is 29.2. The molecule has 0 saturated heterocycles. The van der Waals surface area contributed by atoms with E-state index in [0.717, 1.165) is 64.2 Å². The summed E-state index contributed by atoms with van der Waals surface area (Å²) in [4.78, 5) is 37.6. The maximum absolute atomic E-state index is 12.7. The highest BCUT2D eigenvalue weighted by Crippen LogP contribution is 2.17. The van der Waals surface area contributed by atoms with Crippen molar-refractivity contribution in [2.75, 3.05) is 13.2 Å². The number of hydrogen-bond acceptors (Lipinski definition) is 6. The van der Waals surface area contributed by atoms with Crippen molar-refractivity contribution in [2.45, 2.75) is 335 Å². The van der Waals surface area contributed by atoms with Gasteiger partial charge in [-0.05, 0) is 44.9 Å². The number of esters is 3. The summed E-state index contributed by atoms with van der Waals surface area (Å²) in [7, 11) is 0. The fourth-order valence-electron chi connectivity index (χ4n) is 8.85. The second-order valence-electron chi connectivity index (χ2n) is 19.9. The fourth-order valence-corrected chi connectivity index (χ4v) is 8.85. The number of hydrogen-bond donors (Lipinski definition) is 0. The van der Waals surface area contributed by atoms with Crippen LogP contribution >= 0.6 is 0 Å². The van der Waals surface area contributed by atoms with Gasteiger partial charge in [0.1, 0.15) is 13.2 Å². The van der Waals surface area contributed by atoms with Gasteiger partial charge in [0.2, 0.25) is 0 Å². The molecule has 6 nitrogen and oxygen atoms in total. The van der Waals surface area contributed by atoms with Gasteiger partial charge in [0.15, 0.2) is 6.10 Å². The van der Waals surface area contributed by atoms with Crippen molar-refractivity contribution in [3.8, 4) is 0 Å². The van der Waals surface area contributed by atoms with Gasteiger partial charge in [-0.25, -0.2) is 0 Å². The van der Waals surface area contributed by atoms with Crippen molar-refractivity contribution >= 4 is 17.9 Å². The first-order chi connectivity index (χ1) is 32.0. The monoisotopic (exact) mass is 917 g/mol. The average molecular weight is 918 g/mol. The second-order valence-corrected chi connectivity index (χ2v) is 19.9. The third-order valence-corrected chi connectivity index (χ3v) is 13.3. The van der Waals surface area contributed by atoms with Gasteiger partial charge >= 0.3 is 17.9 Å². The molecule has 65 heavy (non-hydrogen) atoms. The van der Waals surface area contributed by atoms with E-state index < -0.39 is 6.10 Å². The van der Waals surface area contributed by atoms with Crippen molar-refractivity contribution in [1.29, 1.82) is 0 Å². The average Bonchev–Trinajstić information content (AvgIpc) is 3.30. The summed E-state index contributed by atoms with van der Waals surface area (Å²) in [6, 6.07) is 0. The van der Waals surface area contributed by atoms with Crippen molar-refractivity contribution in [3.05, 3.63) is 12.2 Å². The number of carbonyl (C=O) groups excluding carboxylic acids is 3. The zero-order valence-corrected chi connectivity index (χ0v) is 44.0. The van der Waals surface area contributed by atoms with Crippen LogP contribution < -0.4 is 0 Å². The highest BCUT2D eigenvalue weighted by Gasteiger charge is 2.19. The Morgan fingerprint density at radius 3 is 0.769 bits per heavy atom. The highest BCUT2D eigenvalue weighted by atomic mass is 16.6. The summed E-state index contributed by atoms with van der Waals surface area (Å²) < 4.78 is 16.7.